The zero-order valence-corrected chi connectivity index (χ0v) is 12.2. The second kappa shape index (κ2) is 8.26. The molecule has 21 heavy (non-hydrogen) atoms. The topological polar surface area (TPSA) is 116 Å². The summed E-state index contributed by atoms with van der Waals surface area (Å²) in [5.74, 6) is -0.673. The van der Waals surface area contributed by atoms with E-state index in [-0.39, 0.29) is 12.2 Å². The average molecular weight is 294 g/mol. The van der Waals surface area contributed by atoms with E-state index < -0.39 is 18.1 Å². The number of carbonyl (C=O) groups excluding carboxylic acids is 2. The number of primary amides is 1. The standard InChI is InChI=1S/C15H22N2O4/c1-2-3-4-5-10-8-12(18)7-6-11(10)9-13(16)14(19)21-15(17)20/h6-8,13,18H,2-5,9,16H2,1H3,(H2,17,20)/t13-/m0/s1. The highest BCUT2D eigenvalue weighted by Crippen LogP contribution is 2.20. The van der Waals surface area contributed by atoms with Crippen molar-refractivity contribution >= 4 is 12.1 Å². The molecule has 1 atom stereocenters. The van der Waals surface area contributed by atoms with Crippen molar-refractivity contribution in [2.24, 2.45) is 11.5 Å². The molecule has 0 saturated heterocycles. The van der Waals surface area contributed by atoms with E-state index in [9.17, 15) is 14.7 Å². The maximum absolute atomic E-state index is 11.5. The van der Waals surface area contributed by atoms with Crippen molar-refractivity contribution in [3.8, 4) is 5.75 Å². The normalized spacial score (nSPS) is 11.9. The molecule has 0 aliphatic rings. The van der Waals surface area contributed by atoms with Gasteiger partial charge in [0.05, 0.1) is 0 Å². The third kappa shape index (κ3) is 5.83. The molecule has 0 saturated carbocycles. The first-order valence-corrected chi connectivity index (χ1v) is 7.01. The van der Waals surface area contributed by atoms with Crippen LogP contribution < -0.4 is 11.5 Å². The van der Waals surface area contributed by atoms with Crippen LogP contribution in [0, 0.1) is 0 Å². The lowest BCUT2D eigenvalue weighted by Gasteiger charge is -2.14. The van der Waals surface area contributed by atoms with Gasteiger partial charge < -0.3 is 21.3 Å². The molecule has 6 nitrogen and oxygen atoms in total. The molecule has 5 N–H and O–H groups in total. The molecular weight excluding hydrogens is 272 g/mol. The Labute approximate surface area is 124 Å². The van der Waals surface area contributed by atoms with Crippen molar-refractivity contribution in [2.45, 2.75) is 45.1 Å². The monoisotopic (exact) mass is 294 g/mol. The van der Waals surface area contributed by atoms with Crippen LogP contribution in [0.3, 0.4) is 0 Å². The van der Waals surface area contributed by atoms with E-state index in [1.807, 2.05) is 0 Å². The smallest absolute Gasteiger partial charge is 0.412 e. The Morgan fingerprint density at radius 2 is 2.00 bits per heavy atom. The van der Waals surface area contributed by atoms with Gasteiger partial charge in [-0.1, -0.05) is 25.8 Å². The molecule has 0 unspecified atom stereocenters. The minimum atomic E-state index is -1.16. The summed E-state index contributed by atoms with van der Waals surface area (Å²) in [6.07, 6.45) is 3.05. The quantitative estimate of drug-likeness (QED) is 0.401. The van der Waals surface area contributed by atoms with Gasteiger partial charge in [0.15, 0.2) is 0 Å². The molecule has 1 aromatic carbocycles. The van der Waals surface area contributed by atoms with Gasteiger partial charge in [-0.25, -0.2) is 9.59 Å². The predicted molar refractivity (Wildman–Crippen MR) is 78.7 cm³/mol. The Kier molecular flexibility index (Phi) is 6.68. The van der Waals surface area contributed by atoms with Gasteiger partial charge in [0.2, 0.25) is 0 Å². The van der Waals surface area contributed by atoms with E-state index >= 15 is 0 Å². The van der Waals surface area contributed by atoms with E-state index in [1.54, 1.807) is 18.2 Å². The van der Waals surface area contributed by atoms with Crippen LogP contribution in [-0.4, -0.2) is 23.2 Å². The summed E-state index contributed by atoms with van der Waals surface area (Å²) in [6.45, 7) is 2.11. The van der Waals surface area contributed by atoms with Gasteiger partial charge >= 0.3 is 12.1 Å². The van der Waals surface area contributed by atoms with Gasteiger partial charge in [0, 0.05) is 0 Å². The van der Waals surface area contributed by atoms with E-state index in [4.69, 9.17) is 11.5 Å². The third-order valence-electron chi connectivity index (χ3n) is 3.18. The molecule has 1 amide bonds. The van der Waals surface area contributed by atoms with Crippen LogP contribution in [0.2, 0.25) is 0 Å². The lowest BCUT2D eigenvalue weighted by Crippen LogP contribution is -2.37. The second-order valence-electron chi connectivity index (χ2n) is 4.96. The number of esters is 1. The molecule has 0 aliphatic heterocycles. The number of hydrogen-bond acceptors (Lipinski definition) is 5. The summed E-state index contributed by atoms with van der Waals surface area (Å²) in [5, 5.41) is 9.57. The Hall–Kier alpha value is -2.08. The summed E-state index contributed by atoms with van der Waals surface area (Å²) >= 11 is 0. The molecular formula is C15H22N2O4. The van der Waals surface area contributed by atoms with Crippen molar-refractivity contribution < 1.29 is 19.4 Å². The number of rotatable bonds is 7. The largest absolute Gasteiger partial charge is 0.508 e. The van der Waals surface area contributed by atoms with Crippen LogP contribution in [0.15, 0.2) is 18.2 Å². The van der Waals surface area contributed by atoms with Crippen molar-refractivity contribution in [3.63, 3.8) is 0 Å². The molecule has 0 radical (unpaired) electrons. The molecule has 116 valence electrons. The first-order chi connectivity index (χ1) is 9.93. The molecule has 1 aromatic rings. The van der Waals surface area contributed by atoms with Gasteiger partial charge in [0.25, 0.3) is 0 Å². The average Bonchev–Trinajstić information content (AvgIpc) is 2.41. The molecule has 0 bridgehead atoms. The molecule has 0 spiro atoms. The molecule has 1 rings (SSSR count). The Morgan fingerprint density at radius 3 is 2.62 bits per heavy atom. The summed E-state index contributed by atoms with van der Waals surface area (Å²) in [5.41, 5.74) is 12.3. The molecule has 0 aliphatic carbocycles. The molecule has 6 heteroatoms. The van der Waals surface area contributed by atoms with Crippen LogP contribution in [0.4, 0.5) is 4.79 Å². The maximum atomic E-state index is 11.5. The predicted octanol–water partition coefficient (Wildman–Crippen LogP) is 1.62. The number of carbonyl (C=O) groups is 2. The van der Waals surface area contributed by atoms with E-state index in [1.165, 1.54) is 0 Å². The summed E-state index contributed by atoms with van der Waals surface area (Å²) in [7, 11) is 0. The fourth-order valence-electron chi connectivity index (χ4n) is 2.10. The van der Waals surface area contributed by atoms with Crippen LogP contribution in [-0.2, 0) is 22.4 Å². The first kappa shape index (κ1) is 17.0. The number of aromatic hydroxyl groups is 1. The zero-order valence-electron chi connectivity index (χ0n) is 12.2. The van der Waals surface area contributed by atoms with Crippen LogP contribution in [0.1, 0.15) is 37.3 Å². The van der Waals surface area contributed by atoms with Crippen LogP contribution in [0.5, 0.6) is 5.75 Å². The van der Waals surface area contributed by atoms with Crippen molar-refractivity contribution in [1.29, 1.82) is 0 Å². The van der Waals surface area contributed by atoms with Gasteiger partial charge in [0.1, 0.15) is 11.8 Å². The third-order valence-corrected chi connectivity index (χ3v) is 3.18. The number of unbranched alkanes of at least 4 members (excludes halogenated alkanes) is 2. The van der Waals surface area contributed by atoms with Gasteiger partial charge in [-0.2, -0.15) is 0 Å². The number of nitrogens with two attached hydrogens (primary N) is 2. The van der Waals surface area contributed by atoms with Gasteiger partial charge in [-0.05, 0) is 42.5 Å². The number of phenols is 1. The van der Waals surface area contributed by atoms with E-state index in [0.29, 0.717) is 0 Å². The Morgan fingerprint density at radius 1 is 1.29 bits per heavy atom. The number of phenolic OH excluding ortho intramolecular Hbond substituents is 1. The Balaban J connectivity index is 2.76. The SMILES string of the molecule is CCCCCc1cc(O)ccc1C[C@H](N)C(=O)OC(N)=O. The number of amides is 1. The fraction of sp³-hybridized carbons (Fsp3) is 0.467. The summed E-state index contributed by atoms with van der Waals surface area (Å²) < 4.78 is 4.27. The number of aryl methyl sites for hydroxylation is 1. The lowest BCUT2D eigenvalue weighted by molar-refractivity contribution is -0.138. The first-order valence-electron chi connectivity index (χ1n) is 7.01. The van der Waals surface area contributed by atoms with Crippen molar-refractivity contribution in [3.05, 3.63) is 29.3 Å². The van der Waals surface area contributed by atoms with Gasteiger partial charge in [-0.15, -0.1) is 0 Å². The minimum absolute atomic E-state index is 0.179. The maximum Gasteiger partial charge on any atom is 0.412 e. The van der Waals surface area contributed by atoms with Crippen molar-refractivity contribution in [1.82, 2.24) is 0 Å². The fourth-order valence-corrected chi connectivity index (χ4v) is 2.10. The second-order valence-corrected chi connectivity index (χ2v) is 4.96. The summed E-state index contributed by atoms with van der Waals surface area (Å²) in [6, 6.07) is 3.99. The van der Waals surface area contributed by atoms with E-state index in [0.717, 1.165) is 36.8 Å². The number of ether oxygens (including phenoxy) is 1. The van der Waals surface area contributed by atoms with E-state index in [2.05, 4.69) is 11.7 Å². The molecule has 0 fully saturated rings. The highest BCUT2D eigenvalue weighted by Gasteiger charge is 2.19. The lowest BCUT2D eigenvalue weighted by atomic mass is 9.96. The van der Waals surface area contributed by atoms with Crippen LogP contribution in [0.25, 0.3) is 0 Å². The zero-order chi connectivity index (χ0) is 15.8. The van der Waals surface area contributed by atoms with Crippen molar-refractivity contribution in [2.75, 3.05) is 0 Å². The highest BCUT2D eigenvalue weighted by atomic mass is 16.6. The van der Waals surface area contributed by atoms with Gasteiger partial charge in [-0.3, -0.25) is 0 Å². The highest BCUT2D eigenvalue weighted by molar-refractivity contribution is 5.87. The molecule has 0 heterocycles. The minimum Gasteiger partial charge on any atom is -0.508 e. The number of benzene rings is 1. The Bertz CT molecular complexity index is 502. The molecule has 0 aromatic heterocycles. The number of hydrogen-bond donors (Lipinski definition) is 3. The summed E-state index contributed by atoms with van der Waals surface area (Å²) in [4.78, 5) is 22.0. The van der Waals surface area contributed by atoms with Crippen LogP contribution >= 0.6 is 0 Å².